The Morgan fingerprint density at radius 2 is 1.24 bits per heavy atom. The molecule has 0 atom stereocenters. The van der Waals surface area contributed by atoms with Gasteiger partial charge in [-0.1, -0.05) is 31.9 Å². The zero-order chi connectivity index (χ0) is 16.9. The average Bonchev–Trinajstić information content (AvgIpc) is 2.31. The summed E-state index contributed by atoms with van der Waals surface area (Å²) in [4.78, 5) is 0. The highest BCUT2D eigenvalue weighted by Gasteiger charge is 2.81. The van der Waals surface area contributed by atoms with Gasteiger partial charge in [-0.3, -0.25) is 0 Å². The third-order valence-corrected chi connectivity index (χ3v) is 2.72. The summed E-state index contributed by atoms with van der Waals surface area (Å²) in [7, 11) is 0. The van der Waals surface area contributed by atoms with Crippen molar-refractivity contribution < 1.29 is 39.5 Å². The first kappa shape index (κ1) is 20.1. The zero-order valence-corrected chi connectivity index (χ0v) is 11.1. The van der Waals surface area contributed by atoms with Crippen LogP contribution >= 0.6 is 0 Å². The SMILES string of the molecule is CCCCC/C=C/CC(F)(F)C(F)(F)C(F)(F)C(F)(F)F. The van der Waals surface area contributed by atoms with E-state index in [0.29, 0.717) is 12.5 Å². The van der Waals surface area contributed by atoms with Gasteiger partial charge in [0.25, 0.3) is 0 Å². The molecule has 21 heavy (non-hydrogen) atoms. The molecular weight excluding hydrogens is 315 g/mol. The van der Waals surface area contributed by atoms with Crippen LogP contribution in [0.25, 0.3) is 0 Å². The van der Waals surface area contributed by atoms with Gasteiger partial charge in [0.15, 0.2) is 0 Å². The van der Waals surface area contributed by atoms with Gasteiger partial charge in [0, 0.05) is 6.42 Å². The lowest BCUT2D eigenvalue weighted by Crippen LogP contribution is -2.60. The number of unbranched alkanes of at least 4 members (excludes halogenated alkanes) is 3. The Labute approximate surface area is 116 Å². The fraction of sp³-hybridized carbons (Fsp3) is 0.833. The van der Waals surface area contributed by atoms with Crippen LogP contribution in [-0.4, -0.2) is 23.9 Å². The van der Waals surface area contributed by atoms with Crippen molar-refractivity contribution in [2.24, 2.45) is 0 Å². The summed E-state index contributed by atoms with van der Waals surface area (Å²) in [6, 6.07) is 0. The van der Waals surface area contributed by atoms with Crippen LogP contribution in [-0.2, 0) is 0 Å². The third-order valence-electron chi connectivity index (χ3n) is 2.72. The van der Waals surface area contributed by atoms with Crippen LogP contribution in [0.1, 0.15) is 39.0 Å². The smallest absolute Gasteiger partial charge is 0.199 e. The summed E-state index contributed by atoms with van der Waals surface area (Å²) in [5.74, 6) is -18.8. The molecule has 0 aromatic carbocycles. The second-order valence-corrected chi connectivity index (χ2v) is 4.52. The van der Waals surface area contributed by atoms with Crippen molar-refractivity contribution in [1.29, 1.82) is 0 Å². The van der Waals surface area contributed by atoms with Crippen molar-refractivity contribution in [2.45, 2.75) is 63.0 Å². The molecular formula is C12H15F9. The van der Waals surface area contributed by atoms with Gasteiger partial charge >= 0.3 is 23.9 Å². The minimum atomic E-state index is -6.81. The van der Waals surface area contributed by atoms with Gasteiger partial charge in [-0.05, 0) is 12.8 Å². The van der Waals surface area contributed by atoms with E-state index in [1.54, 1.807) is 0 Å². The minimum Gasteiger partial charge on any atom is -0.199 e. The molecule has 0 aromatic rings. The van der Waals surface area contributed by atoms with Crippen LogP contribution in [0.4, 0.5) is 39.5 Å². The van der Waals surface area contributed by atoms with E-state index in [0.717, 1.165) is 18.9 Å². The number of allylic oxidation sites excluding steroid dienone is 2. The Bertz CT molecular complexity index is 341. The lowest BCUT2D eigenvalue weighted by molar-refractivity contribution is -0.395. The quantitative estimate of drug-likeness (QED) is 0.292. The molecule has 0 aliphatic heterocycles. The van der Waals surface area contributed by atoms with E-state index in [2.05, 4.69) is 0 Å². The molecule has 0 unspecified atom stereocenters. The Morgan fingerprint density at radius 3 is 1.67 bits per heavy atom. The van der Waals surface area contributed by atoms with Crippen molar-refractivity contribution in [3.05, 3.63) is 12.2 Å². The fourth-order valence-electron chi connectivity index (χ4n) is 1.40. The molecule has 0 bridgehead atoms. The number of rotatable bonds is 8. The molecule has 0 N–H and O–H groups in total. The van der Waals surface area contributed by atoms with E-state index in [1.807, 2.05) is 6.92 Å². The number of hydrogen-bond acceptors (Lipinski definition) is 0. The molecule has 9 heteroatoms. The van der Waals surface area contributed by atoms with E-state index in [4.69, 9.17) is 0 Å². The molecule has 0 aliphatic rings. The average molecular weight is 330 g/mol. The third kappa shape index (κ3) is 4.54. The summed E-state index contributed by atoms with van der Waals surface area (Å²) in [6.45, 7) is 1.86. The summed E-state index contributed by atoms with van der Waals surface area (Å²) in [6.07, 6.45) is -4.69. The molecule has 0 radical (unpaired) electrons. The molecule has 0 spiro atoms. The molecule has 0 nitrogen and oxygen atoms in total. The summed E-state index contributed by atoms with van der Waals surface area (Å²) < 4.78 is 112. The molecule has 0 rings (SSSR count). The lowest BCUT2D eigenvalue weighted by Gasteiger charge is -2.33. The number of hydrogen-bond donors (Lipinski definition) is 0. The first-order valence-corrected chi connectivity index (χ1v) is 6.16. The van der Waals surface area contributed by atoms with Crippen LogP contribution in [0.15, 0.2) is 12.2 Å². The maximum absolute atomic E-state index is 13.0. The monoisotopic (exact) mass is 330 g/mol. The molecule has 0 fully saturated rings. The number of halogens is 9. The molecule has 0 amide bonds. The van der Waals surface area contributed by atoms with Crippen LogP contribution in [0.3, 0.4) is 0 Å². The molecule has 0 heterocycles. The van der Waals surface area contributed by atoms with Gasteiger partial charge in [-0.2, -0.15) is 39.5 Å². The van der Waals surface area contributed by atoms with E-state index in [9.17, 15) is 39.5 Å². The highest BCUT2D eigenvalue weighted by molar-refractivity contribution is 5.03. The van der Waals surface area contributed by atoms with Crippen molar-refractivity contribution >= 4 is 0 Å². The molecule has 126 valence electrons. The van der Waals surface area contributed by atoms with Gasteiger partial charge in [-0.15, -0.1) is 0 Å². The standard InChI is InChI=1S/C12H15F9/c1-2-3-4-5-6-7-8-9(13,14)10(15,16)11(17,18)12(19,20)21/h6-7H,2-5,8H2,1H3/b7-6+. The summed E-state index contributed by atoms with van der Waals surface area (Å²) >= 11 is 0. The van der Waals surface area contributed by atoms with Crippen molar-refractivity contribution in [2.75, 3.05) is 0 Å². The first-order valence-electron chi connectivity index (χ1n) is 6.16. The van der Waals surface area contributed by atoms with Gasteiger partial charge in [0.05, 0.1) is 0 Å². The number of alkyl halides is 9. The summed E-state index contributed by atoms with van der Waals surface area (Å²) in [5, 5.41) is 0. The molecule has 0 aromatic heterocycles. The maximum atomic E-state index is 13.0. The van der Waals surface area contributed by atoms with Gasteiger partial charge in [-0.25, -0.2) is 0 Å². The van der Waals surface area contributed by atoms with Gasteiger partial charge in [0.1, 0.15) is 0 Å². The Kier molecular flexibility index (Phi) is 6.62. The normalized spacial score (nSPS) is 15.0. The Hall–Kier alpha value is -0.890. The van der Waals surface area contributed by atoms with Crippen LogP contribution in [0.5, 0.6) is 0 Å². The fourth-order valence-corrected chi connectivity index (χ4v) is 1.40. The van der Waals surface area contributed by atoms with Crippen LogP contribution in [0.2, 0.25) is 0 Å². The van der Waals surface area contributed by atoms with E-state index in [1.165, 1.54) is 0 Å². The van der Waals surface area contributed by atoms with Gasteiger partial charge < -0.3 is 0 Å². The topological polar surface area (TPSA) is 0 Å². The second kappa shape index (κ2) is 6.91. The largest absolute Gasteiger partial charge is 0.460 e. The zero-order valence-electron chi connectivity index (χ0n) is 11.1. The van der Waals surface area contributed by atoms with Crippen LogP contribution in [0, 0.1) is 0 Å². The van der Waals surface area contributed by atoms with E-state index >= 15 is 0 Å². The Morgan fingerprint density at radius 1 is 0.714 bits per heavy atom. The molecule has 0 saturated carbocycles. The highest BCUT2D eigenvalue weighted by Crippen LogP contribution is 2.54. The van der Waals surface area contributed by atoms with Crippen molar-refractivity contribution in [1.82, 2.24) is 0 Å². The summed E-state index contributed by atoms with van der Waals surface area (Å²) in [5.41, 5.74) is 0. The second-order valence-electron chi connectivity index (χ2n) is 4.52. The minimum absolute atomic E-state index is 0.255. The lowest BCUT2D eigenvalue weighted by atomic mass is 10.0. The van der Waals surface area contributed by atoms with Crippen molar-refractivity contribution in [3.63, 3.8) is 0 Å². The predicted octanol–water partition coefficient (Wildman–Crippen LogP) is 5.98. The first-order chi connectivity index (χ1) is 9.31. The maximum Gasteiger partial charge on any atom is 0.460 e. The molecule has 0 saturated heterocycles. The van der Waals surface area contributed by atoms with E-state index in [-0.39, 0.29) is 6.42 Å². The van der Waals surface area contributed by atoms with Gasteiger partial charge in [0.2, 0.25) is 0 Å². The van der Waals surface area contributed by atoms with Crippen molar-refractivity contribution in [3.8, 4) is 0 Å². The predicted molar refractivity (Wildman–Crippen MR) is 58.8 cm³/mol. The van der Waals surface area contributed by atoms with Crippen LogP contribution < -0.4 is 0 Å². The highest BCUT2D eigenvalue weighted by atomic mass is 19.4. The molecule has 0 aliphatic carbocycles. The van der Waals surface area contributed by atoms with E-state index < -0.39 is 30.4 Å². The Balaban J connectivity index is 4.89.